The zero-order valence-electron chi connectivity index (χ0n) is 5.11. The fourth-order valence-corrected chi connectivity index (χ4v) is 0.835. The van der Waals surface area contributed by atoms with Crippen LogP contribution in [-0.4, -0.2) is 27.0 Å². The first-order valence-corrected chi connectivity index (χ1v) is 2.83. The van der Waals surface area contributed by atoms with Crippen LogP contribution in [0.1, 0.15) is 13.3 Å². The van der Waals surface area contributed by atoms with Crippen LogP contribution in [0.2, 0.25) is 0 Å². The van der Waals surface area contributed by atoms with Gasteiger partial charge in [-0.25, -0.2) is 0 Å². The topological polar surface area (TPSA) is 66.5 Å². The molecule has 1 fully saturated rings. The fraction of sp³-hybridized carbons (Fsp3) is 0.800. The van der Waals surface area contributed by atoms with Gasteiger partial charge in [-0.15, -0.1) is 0 Å². The molecule has 1 aliphatic rings. The molecule has 0 radical (unpaired) electrons. The molecule has 0 saturated heterocycles. The van der Waals surface area contributed by atoms with Gasteiger partial charge >= 0.3 is 0 Å². The van der Waals surface area contributed by atoms with Gasteiger partial charge in [-0.05, 0) is 6.92 Å². The predicted octanol–water partition coefficient (Wildman–Crippen LogP) is -0.272. The van der Waals surface area contributed by atoms with Crippen LogP contribution in [0.15, 0.2) is 0 Å². The van der Waals surface area contributed by atoms with E-state index in [4.69, 9.17) is 10.3 Å². The van der Waals surface area contributed by atoms with E-state index in [2.05, 4.69) is 0 Å². The molecule has 0 aromatic heterocycles. The molecule has 9 heavy (non-hydrogen) atoms. The van der Waals surface area contributed by atoms with Crippen molar-refractivity contribution in [3.05, 3.63) is 5.21 Å². The van der Waals surface area contributed by atoms with Crippen molar-refractivity contribution in [2.45, 2.75) is 19.4 Å². The Hall–Kier alpha value is -0.770. The first kappa shape index (κ1) is 6.35. The van der Waals surface area contributed by atoms with E-state index >= 15 is 0 Å². The minimum atomic E-state index is -0.511. The molecule has 1 saturated carbocycles. The average Bonchev–Trinajstić information content (AvgIpc) is 2.39. The van der Waals surface area contributed by atoms with Crippen molar-refractivity contribution < 1.29 is 15.2 Å². The molecule has 52 valence electrons. The lowest BCUT2D eigenvalue weighted by atomic mass is 10.3. The van der Waals surface area contributed by atoms with E-state index in [0.717, 1.165) is 0 Å². The van der Waals surface area contributed by atoms with Gasteiger partial charge in [0.2, 0.25) is 5.71 Å². The third-order valence-electron chi connectivity index (χ3n) is 1.52. The van der Waals surface area contributed by atoms with Crippen molar-refractivity contribution in [2.24, 2.45) is 5.92 Å². The Morgan fingerprint density at radius 1 is 1.89 bits per heavy atom. The van der Waals surface area contributed by atoms with Crippen LogP contribution < -0.4 is 0 Å². The van der Waals surface area contributed by atoms with Gasteiger partial charge in [0, 0.05) is 11.3 Å². The Bertz CT molecular complexity index is 148. The van der Waals surface area contributed by atoms with E-state index in [-0.39, 0.29) is 10.8 Å². The van der Waals surface area contributed by atoms with Crippen molar-refractivity contribution in [1.82, 2.24) is 0 Å². The summed E-state index contributed by atoms with van der Waals surface area (Å²) in [5.41, 5.74) is 0.380. The van der Waals surface area contributed by atoms with Crippen LogP contribution >= 0.6 is 0 Å². The highest BCUT2D eigenvalue weighted by Crippen LogP contribution is 2.28. The van der Waals surface area contributed by atoms with Crippen LogP contribution in [-0.2, 0) is 0 Å². The molecule has 1 aliphatic carbocycles. The first-order valence-electron chi connectivity index (χ1n) is 2.83. The largest absolute Gasteiger partial charge is 0.418 e. The number of hydrogen-bond acceptors (Lipinski definition) is 3. The molecule has 0 bridgehead atoms. The second-order valence-corrected chi connectivity index (χ2v) is 2.32. The maximum absolute atomic E-state index is 10.0. The van der Waals surface area contributed by atoms with E-state index in [0.29, 0.717) is 12.1 Å². The summed E-state index contributed by atoms with van der Waals surface area (Å²) < 4.78 is 0. The quantitative estimate of drug-likeness (QED) is 0.292. The van der Waals surface area contributed by atoms with E-state index in [1.807, 2.05) is 0 Å². The maximum Gasteiger partial charge on any atom is 0.228 e. The van der Waals surface area contributed by atoms with Crippen LogP contribution in [0.25, 0.3) is 0 Å². The van der Waals surface area contributed by atoms with Crippen molar-refractivity contribution in [2.75, 3.05) is 0 Å². The Morgan fingerprint density at radius 2 is 2.44 bits per heavy atom. The fourth-order valence-electron chi connectivity index (χ4n) is 0.835. The monoisotopic (exact) mass is 131 g/mol. The lowest BCUT2D eigenvalue weighted by molar-refractivity contribution is -0.725. The molecule has 0 aliphatic heterocycles. The zero-order valence-corrected chi connectivity index (χ0v) is 5.11. The minimum absolute atomic E-state index is 0.104. The third-order valence-corrected chi connectivity index (χ3v) is 1.52. The third kappa shape index (κ3) is 1.13. The van der Waals surface area contributed by atoms with Crippen LogP contribution in [0, 0.1) is 11.1 Å². The number of nitrogens with zero attached hydrogens (tertiary/aromatic N) is 1. The smallest absolute Gasteiger partial charge is 0.228 e. The summed E-state index contributed by atoms with van der Waals surface area (Å²) in [6.07, 6.45) is 0.0149. The van der Waals surface area contributed by atoms with E-state index in [9.17, 15) is 5.21 Å². The Kier molecular flexibility index (Phi) is 1.32. The van der Waals surface area contributed by atoms with Gasteiger partial charge in [-0.3, -0.25) is 5.21 Å². The summed E-state index contributed by atoms with van der Waals surface area (Å²) in [5.74, 6) is -0.104. The summed E-state index contributed by atoms with van der Waals surface area (Å²) in [6.45, 7) is 1.60. The molecular formula is C5H9NO3. The molecule has 2 atom stereocenters. The maximum atomic E-state index is 10.0. The average molecular weight is 131 g/mol. The summed E-state index contributed by atoms with van der Waals surface area (Å²) in [4.78, 5) is -0.155. The summed E-state index contributed by atoms with van der Waals surface area (Å²) in [5, 5.41) is 27.1. The summed E-state index contributed by atoms with van der Waals surface area (Å²) >= 11 is 0. The molecule has 0 heterocycles. The van der Waals surface area contributed by atoms with Gasteiger partial charge in [0.15, 0.2) is 0 Å². The second kappa shape index (κ2) is 1.88. The molecule has 0 aromatic carbocycles. The van der Waals surface area contributed by atoms with Crippen LogP contribution in [0.3, 0.4) is 0 Å². The second-order valence-electron chi connectivity index (χ2n) is 2.32. The highest BCUT2D eigenvalue weighted by Gasteiger charge is 2.45. The highest BCUT2D eigenvalue weighted by molar-refractivity contribution is 5.97. The first-order chi connectivity index (χ1) is 4.13. The molecule has 2 N–H and O–H groups in total. The molecule has 4 nitrogen and oxygen atoms in total. The highest BCUT2D eigenvalue weighted by atomic mass is 16.8. The normalized spacial score (nSPS) is 33.8. The molecule has 0 amide bonds. The number of aliphatic hydroxyl groups excluding tert-OH is 1. The van der Waals surface area contributed by atoms with Gasteiger partial charge in [0.05, 0.1) is 12.0 Å². The number of hydrogen-bond donors (Lipinski definition) is 2. The Balaban J connectivity index is 2.51. The van der Waals surface area contributed by atoms with Gasteiger partial charge in [-0.2, -0.15) is 0 Å². The van der Waals surface area contributed by atoms with Crippen molar-refractivity contribution in [3.8, 4) is 0 Å². The summed E-state index contributed by atoms with van der Waals surface area (Å²) in [7, 11) is 0. The van der Waals surface area contributed by atoms with Gasteiger partial charge in [0.1, 0.15) is 0 Å². The SMILES string of the molecule is CC(O)C1C/C1=[N+](\[O-])O. The Labute approximate surface area is 52.6 Å². The number of aliphatic hydroxyl groups is 1. The number of rotatable bonds is 1. The molecule has 1 rings (SSSR count). The van der Waals surface area contributed by atoms with E-state index < -0.39 is 6.10 Å². The molecular weight excluding hydrogens is 122 g/mol. The van der Waals surface area contributed by atoms with E-state index in [1.54, 1.807) is 6.92 Å². The van der Waals surface area contributed by atoms with Crippen LogP contribution in [0.4, 0.5) is 0 Å². The van der Waals surface area contributed by atoms with Gasteiger partial charge in [-0.1, -0.05) is 0 Å². The lowest BCUT2D eigenvalue weighted by Gasteiger charge is -1.92. The van der Waals surface area contributed by atoms with E-state index in [1.165, 1.54) is 0 Å². The zero-order chi connectivity index (χ0) is 7.02. The summed E-state index contributed by atoms with van der Waals surface area (Å²) in [6, 6.07) is 0. The standard InChI is InChI=1S/C5H9NO3/c1-3(7)4-2-5(4)6(8)9/h3-4,7H,2H2,1H3,(H,8,9). The lowest BCUT2D eigenvalue weighted by Crippen LogP contribution is -2.08. The molecule has 2 unspecified atom stereocenters. The van der Waals surface area contributed by atoms with Gasteiger partial charge < -0.3 is 10.3 Å². The van der Waals surface area contributed by atoms with Crippen molar-refractivity contribution >= 4 is 5.71 Å². The predicted molar refractivity (Wildman–Crippen MR) is 30.2 cm³/mol. The van der Waals surface area contributed by atoms with Crippen molar-refractivity contribution in [1.29, 1.82) is 0 Å². The Morgan fingerprint density at radius 3 is 2.56 bits per heavy atom. The van der Waals surface area contributed by atoms with Crippen molar-refractivity contribution in [3.63, 3.8) is 0 Å². The van der Waals surface area contributed by atoms with Gasteiger partial charge in [0.25, 0.3) is 0 Å². The molecule has 0 aromatic rings. The molecule has 0 spiro atoms. The molecule has 4 heteroatoms. The van der Waals surface area contributed by atoms with Crippen LogP contribution in [0.5, 0.6) is 0 Å². The minimum Gasteiger partial charge on any atom is -0.418 e.